The number of para-hydroxylation sites is 1. The minimum absolute atomic E-state index is 0.147. The summed E-state index contributed by atoms with van der Waals surface area (Å²) >= 11 is 0. The van der Waals surface area contributed by atoms with E-state index < -0.39 is 5.97 Å². The number of carbonyl (C=O) groups excluding carboxylic acids is 3. The molecule has 2 rings (SSSR count). The first-order valence-corrected chi connectivity index (χ1v) is 9.31. The fraction of sp³-hybridized carbons (Fsp3) is 0.318. The van der Waals surface area contributed by atoms with Crippen molar-refractivity contribution < 1.29 is 23.9 Å². The summed E-state index contributed by atoms with van der Waals surface area (Å²) in [5.74, 6) is -0.0662. The molecule has 0 unspecified atom stereocenters. The van der Waals surface area contributed by atoms with Crippen LogP contribution in [0, 0.1) is 0 Å². The van der Waals surface area contributed by atoms with Crippen LogP contribution in [0.15, 0.2) is 48.5 Å². The molecule has 0 heterocycles. The van der Waals surface area contributed by atoms with Crippen LogP contribution in [0.3, 0.4) is 0 Å². The fourth-order valence-corrected chi connectivity index (χ4v) is 2.93. The highest BCUT2D eigenvalue weighted by Crippen LogP contribution is 2.18. The maximum atomic E-state index is 12.2. The lowest BCUT2D eigenvalue weighted by atomic mass is 10.1. The van der Waals surface area contributed by atoms with Gasteiger partial charge in [0.25, 0.3) is 0 Å². The number of esters is 1. The normalized spacial score (nSPS) is 10.2. The Kier molecular flexibility index (Phi) is 8.21. The van der Waals surface area contributed by atoms with Gasteiger partial charge < -0.3 is 19.7 Å². The molecule has 2 aromatic carbocycles. The van der Waals surface area contributed by atoms with Gasteiger partial charge in [0, 0.05) is 32.1 Å². The van der Waals surface area contributed by atoms with Gasteiger partial charge in [-0.05, 0) is 36.2 Å². The summed E-state index contributed by atoms with van der Waals surface area (Å²) in [7, 11) is 2.91. The van der Waals surface area contributed by atoms with Gasteiger partial charge >= 0.3 is 5.97 Å². The molecule has 0 aromatic heterocycles. The fourth-order valence-electron chi connectivity index (χ4n) is 2.93. The number of amides is 2. The highest BCUT2D eigenvalue weighted by molar-refractivity contribution is 5.95. The lowest BCUT2D eigenvalue weighted by Gasteiger charge is -2.21. The molecule has 0 spiro atoms. The van der Waals surface area contributed by atoms with Gasteiger partial charge in [-0.25, -0.2) is 4.79 Å². The van der Waals surface area contributed by atoms with Crippen LogP contribution in [0.2, 0.25) is 0 Å². The molecule has 0 aliphatic rings. The van der Waals surface area contributed by atoms with Crippen LogP contribution in [0.5, 0.6) is 5.75 Å². The largest absolute Gasteiger partial charge is 0.496 e. The van der Waals surface area contributed by atoms with E-state index in [0.717, 1.165) is 11.3 Å². The van der Waals surface area contributed by atoms with Crippen molar-refractivity contribution in [2.75, 3.05) is 32.2 Å². The predicted octanol–water partition coefficient (Wildman–Crippen LogP) is 2.58. The summed E-state index contributed by atoms with van der Waals surface area (Å²) in [6, 6.07) is 14.2. The molecule has 0 atom stereocenters. The van der Waals surface area contributed by atoms with E-state index in [1.165, 1.54) is 18.9 Å². The average Bonchev–Trinajstić information content (AvgIpc) is 2.73. The second-order valence-electron chi connectivity index (χ2n) is 6.37. The van der Waals surface area contributed by atoms with E-state index in [2.05, 4.69) is 5.32 Å². The van der Waals surface area contributed by atoms with Gasteiger partial charge in [-0.3, -0.25) is 9.59 Å². The molecule has 1 N–H and O–H groups in total. The summed E-state index contributed by atoms with van der Waals surface area (Å²) in [5.41, 5.74) is 1.90. The van der Waals surface area contributed by atoms with Crippen molar-refractivity contribution in [1.82, 2.24) is 5.32 Å². The van der Waals surface area contributed by atoms with Crippen LogP contribution < -0.4 is 15.0 Å². The van der Waals surface area contributed by atoms with Gasteiger partial charge in [-0.1, -0.05) is 24.3 Å². The van der Waals surface area contributed by atoms with Crippen LogP contribution in [0.25, 0.3) is 0 Å². The maximum absolute atomic E-state index is 12.2. The predicted molar refractivity (Wildman–Crippen MR) is 110 cm³/mol. The molecular weight excluding hydrogens is 372 g/mol. The number of hydrogen-bond donors (Lipinski definition) is 1. The number of benzene rings is 2. The molecule has 0 aliphatic carbocycles. The Balaban J connectivity index is 1.91. The first-order valence-electron chi connectivity index (χ1n) is 9.31. The average molecular weight is 398 g/mol. The van der Waals surface area contributed by atoms with E-state index in [4.69, 9.17) is 9.47 Å². The molecule has 0 saturated carbocycles. The Labute approximate surface area is 170 Å². The van der Waals surface area contributed by atoms with Crippen molar-refractivity contribution in [2.45, 2.75) is 19.8 Å². The summed E-state index contributed by atoms with van der Waals surface area (Å²) in [5, 5.41) is 2.86. The van der Waals surface area contributed by atoms with Crippen LogP contribution >= 0.6 is 0 Å². The number of rotatable bonds is 9. The molecule has 0 radical (unpaired) electrons. The van der Waals surface area contributed by atoms with Crippen LogP contribution in [0.4, 0.5) is 5.69 Å². The Hall–Kier alpha value is -3.35. The van der Waals surface area contributed by atoms with Crippen LogP contribution in [-0.2, 0) is 20.7 Å². The number of ether oxygens (including phenoxy) is 2. The standard InChI is InChI=1S/C22H26N2O5/c1-16(25)24(19-9-6-8-18(15-19)22(27)29-3)14-12-21(26)23-13-11-17-7-4-5-10-20(17)28-2/h4-10,15H,11-14H2,1-3H3,(H,23,26). The molecule has 0 aliphatic heterocycles. The van der Waals surface area contributed by atoms with Crippen molar-refractivity contribution in [3.05, 3.63) is 59.7 Å². The molecule has 2 amide bonds. The molecule has 154 valence electrons. The lowest BCUT2D eigenvalue weighted by molar-refractivity contribution is -0.121. The highest BCUT2D eigenvalue weighted by atomic mass is 16.5. The van der Waals surface area contributed by atoms with Gasteiger partial charge in [0.1, 0.15) is 5.75 Å². The molecule has 29 heavy (non-hydrogen) atoms. The Morgan fingerprint density at radius 2 is 1.79 bits per heavy atom. The van der Waals surface area contributed by atoms with E-state index in [9.17, 15) is 14.4 Å². The number of hydrogen-bond acceptors (Lipinski definition) is 5. The number of carbonyl (C=O) groups is 3. The maximum Gasteiger partial charge on any atom is 0.337 e. The topological polar surface area (TPSA) is 84.9 Å². The molecule has 0 bridgehead atoms. The van der Waals surface area contributed by atoms with E-state index in [1.54, 1.807) is 31.4 Å². The SMILES string of the molecule is COC(=O)c1cccc(N(CCC(=O)NCCc2ccccc2OC)C(C)=O)c1. The second kappa shape index (κ2) is 10.8. The minimum atomic E-state index is -0.482. The molecule has 0 saturated heterocycles. The van der Waals surface area contributed by atoms with E-state index in [1.807, 2.05) is 24.3 Å². The summed E-state index contributed by atoms with van der Waals surface area (Å²) in [6.45, 7) is 2.10. The molecule has 0 fully saturated rings. The van der Waals surface area contributed by atoms with Gasteiger partial charge in [0.2, 0.25) is 11.8 Å². The molecule has 2 aromatic rings. The Morgan fingerprint density at radius 3 is 2.48 bits per heavy atom. The van der Waals surface area contributed by atoms with Crippen molar-refractivity contribution in [1.29, 1.82) is 0 Å². The third-order valence-electron chi connectivity index (χ3n) is 4.43. The van der Waals surface area contributed by atoms with Crippen LogP contribution in [-0.4, -0.2) is 45.1 Å². The van der Waals surface area contributed by atoms with Gasteiger partial charge in [0.15, 0.2) is 0 Å². The quantitative estimate of drug-likeness (QED) is 0.657. The minimum Gasteiger partial charge on any atom is -0.496 e. The number of methoxy groups -OCH3 is 2. The highest BCUT2D eigenvalue weighted by Gasteiger charge is 2.15. The summed E-state index contributed by atoms with van der Waals surface area (Å²) in [4.78, 5) is 37.4. The molecule has 7 nitrogen and oxygen atoms in total. The number of anilines is 1. The Bertz CT molecular complexity index is 866. The van der Waals surface area contributed by atoms with Gasteiger partial charge in [0.05, 0.1) is 19.8 Å². The van der Waals surface area contributed by atoms with E-state index in [-0.39, 0.29) is 24.8 Å². The van der Waals surface area contributed by atoms with Crippen molar-refractivity contribution in [3.8, 4) is 5.75 Å². The monoisotopic (exact) mass is 398 g/mol. The van der Waals surface area contributed by atoms with E-state index in [0.29, 0.717) is 24.2 Å². The Morgan fingerprint density at radius 1 is 1.03 bits per heavy atom. The third-order valence-corrected chi connectivity index (χ3v) is 4.43. The van der Waals surface area contributed by atoms with Crippen molar-refractivity contribution >= 4 is 23.5 Å². The lowest BCUT2D eigenvalue weighted by Crippen LogP contribution is -2.34. The number of nitrogens with zero attached hydrogens (tertiary/aromatic N) is 1. The van der Waals surface area contributed by atoms with E-state index >= 15 is 0 Å². The van der Waals surface area contributed by atoms with Gasteiger partial charge in [-0.2, -0.15) is 0 Å². The number of nitrogens with one attached hydrogen (secondary N) is 1. The van der Waals surface area contributed by atoms with Gasteiger partial charge in [-0.15, -0.1) is 0 Å². The first-order chi connectivity index (χ1) is 14.0. The van der Waals surface area contributed by atoms with Crippen LogP contribution in [0.1, 0.15) is 29.3 Å². The summed E-state index contributed by atoms with van der Waals surface area (Å²) in [6.07, 6.45) is 0.793. The first kappa shape index (κ1) is 21.9. The van der Waals surface area contributed by atoms with Crippen molar-refractivity contribution in [2.24, 2.45) is 0 Å². The zero-order valence-corrected chi connectivity index (χ0v) is 16.9. The third kappa shape index (κ3) is 6.34. The smallest absolute Gasteiger partial charge is 0.337 e. The molecular formula is C22H26N2O5. The molecule has 7 heteroatoms. The second-order valence-corrected chi connectivity index (χ2v) is 6.37. The zero-order valence-electron chi connectivity index (χ0n) is 16.9. The zero-order chi connectivity index (χ0) is 21.2. The summed E-state index contributed by atoms with van der Waals surface area (Å²) < 4.78 is 10.0. The van der Waals surface area contributed by atoms with Crippen molar-refractivity contribution in [3.63, 3.8) is 0 Å².